The molecule has 0 amide bonds. The average molecular weight is 250 g/mol. The predicted octanol–water partition coefficient (Wildman–Crippen LogP) is 0.770. The van der Waals surface area contributed by atoms with Crippen molar-refractivity contribution in [2.24, 2.45) is 0 Å². The Bertz CT molecular complexity index is 489. The molecule has 2 rings (SSSR count). The summed E-state index contributed by atoms with van der Waals surface area (Å²) >= 11 is 0. The van der Waals surface area contributed by atoms with Gasteiger partial charge in [0.2, 0.25) is 5.89 Å². The second-order valence-corrected chi connectivity index (χ2v) is 4.40. The van der Waals surface area contributed by atoms with Gasteiger partial charge in [0, 0.05) is 19.0 Å². The quantitative estimate of drug-likeness (QED) is 0.815. The highest BCUT2D eigenvalue weighted by Crippen LogP contribution is 2.01. The fourth-order valence-electron chi connectivity index (χ4n) is 1.44. The molecule has 0 aliphatic carbocycles. The van der Waals surface area contributed by atoms with Crippen molar-refractivity contribution >= 4 is 0 Å². The Balaban J connectivity index is 1.93. The molecule has 1 N–H and O–H groups in total. The Morgan fingerprint density at radius 1 is 1.44 bits per heavy atom. The van der Waals surface area contributed by atoms with Crippen molar-refractivity contribution < 1.29 is 4.52 Å². The van der Waals surface area contributed by atoms with Gasteiger partial charge in [0.25, 0.3) is 0 Å². The van der Waals surface area contributed by atoms with E-state index in [0.717, 1.165) is 12.1 Å². The fourth-order valence-corrected chi connectivity index (χ4v) is 1.44. The van der Waals surface area contributed by atoms with E-state index in [2.05, 4.69) is 39.6 Å². The number of aromatic nitrogens is 5. The van der Waals surface area contributed by atoms with Crippen LogP contribution in [0.5, 0.6) is 0 Å². The van der Waals surface area contributed by atoms with Crippen molar-refractivity contribution in [3.8, 4) is 0 Å². The molecule has 0 saturated carbocycles. The summed E-state index contributed by atoms with van der Waals surface area (Å²) in [7, 11) is 0. The molecule has 0 aliphatic rings. The molecule has 0 bridgehead atoms. The minimum absolute atomic E-state index is 0.429. The summed E-state index contributed by atoms with van der Waals surface area (Å²) in [6.07, 6.45) is 2.65. The summed E-state index contributed by atoms with van der Waals surface area (Å²) in [6.45, 7) is 7.34. The molecule has 18 heavy (non-hydrogen) atoms. The SMILES string of the molecule is CCc1noc(Cn2cc(CNC(C)C)nn2)n1. The lowest BCUT2D eigenvalue weighted by Crippen LogP contribution is -2.21. The highest BCUT2D eigenvalue weighted by Gasteiger charge is 2.07. The molecule has 7 heteroatoms. The highest BCUT2D eigenvalue weighted by atomic mass is 16.5. The maximum absolute atomic E-state index is 5.10. The minimum Gasteiger partial charge on any atom is -0.337 e. The summed E-state index contributed by atoms with van der Waals surface area (Å²) in [5, 5.41) is 15.2. The summed E-state index contributed by atoms with van der Waals surface area (Å²) in [6, 6.07) is 0.429. The number of aryl methyl sites for hydroxylation is 1. The van der Waals surface area contributed by atoms with E-state index in [1.165, 1.54) is 0 Å². The number of nitrogens with zero attached hydrogens (tertiary/aromatic N) is 5. The van der Waals surface area contributed by atoms with Gasteiger partial charge in [-0.25, -0.2) is 4.68 Å². The van der Waals surface area contributed by atoms with Gasteiger partial charge in [-0.3, -0.25) is 0 Å². The lowest BCUT2D eigenvalue weighted by Gasteiger charge is -2.03. The normalized spacial score (nSPS) is 11.3. The van der Waals surface area contributed by atoms with Gasteiger partial charge < -0.3 is 9.84 Å². The van der Waals surface area contributed by atoms with Crippen molar-refractivity contribution in [3.05, 3.63) is 23.6 Å². The molecule has 0 unspecified atom stereocenters. The zero-order chi connectivity index (χ0) is 13.0. The van der Waals surface area contributed by atoms with Gasteiger partial charge in [-0.1, -0.05) is 31.1 Å². The predicted molar refractivity (Wildman–Crippen MR) is 64.8 cm³/mol. The Hall–Kier alpha value is -1.76. The monoisotopic (exact) mass is 250 g/mol. The molecule has 0 spiro atoms. The second kappa shape index (κ2) is 5.72. The molecule has 2 aromatic heterocycles. The van der Waals surface area contributed by atoms with Crippen molar-refractivity contribution in [2.75, 3.05) is 0 Å². The first-order valence-corrected chi connectivity index (χ1v) is 6.11. The van der Waals surface area contributed by atoms with Gasteiger partial charge in [-0.15, -0.1) is 5.10 Å². The number of rotatable bonds is 6. The van der Waals surface area contributed by atoms with Gasteiger partial charge in [0.05, 0.1) is 11.9 Å². The van der Waals surface area contributed by atoms with Crippen LogP contribution in [0.2, 0.25) is 0 Å². The molecular weight excluding hydrogens is 232 g/mol. The third kappa shape index (κ3) is 3.36. The maximum Gasteiger partial charge on any atom is 0.248 e. The van der Waals surface area contributed by atoms with Crippen LogP contribution in [0.4, 0.5) is 0 Å². The first kappa shape index (κ1) is 12.7. The van der Waals surface area contributed by atoms with E-state index >= 15 is 0 Å². The van der Waals surface area contributed by atoms with Crippen molar-refractivity contribution in [2.45, 2.75) is 46.3 Å². The smallest absolute Gasteiger partial charge is 0.248 e. The van der Waals surface area contributed by atoms with Gasteiger partial charge in [-0.2, -0.15) is 4.98 Å². The van der Waals surface area contributed by atoms with Gasteiger partial charge in [0.1, 0.15) is 6.54 Å². The number of nitrogens with one attached hydrogen (secondary N) is 1. The van der Waals surface area contributed by atoms with Crippen LogP contribution < -0.4 is 5.32 Å². The Labute approximate surface area is 106 Å². The molecule has 98 valence electrons. The molecule has 0 aliphatic heterocycles. The summed E-state index contributed by atoms with van der Waals surface area (Å²) < 4.78 is 6.80. The number of hydrogen-bond acceptors (Lipinski definition) is 6. The standard InChI is InChI=1S/C11H18N6O/c1-4-10-13-11(18-15-10)7-17-6-9(14-16-17)5-12-8(2)3/h6,8,12H,4-5,7H2,1-3H3. The zero-order valence-electron chi connectivity index (χ0n) is 10.9. The van der Waals surface area contributed by atoms with Crippen LogP contribution in [-0.4, -0.2) is 31.2 Å². The molecule has 0 saturated heterocycles. The Kier molecular flexibility index (Phi) is 4.03. The lowest BCUT2D eigenvalue weighted by molar-refractivity contribution is 0.360. The third-order valence-corrected chi connectivity index (χ3v) is 2.40. The van der Waals surface area contributed by atoms with Crippen LogP contribution >= 0.6 is 0 Å². The van der Waals surface area contributed by atoms with Crippen LogP contribution in [-0.2, 0) is 19.5 Å². The molecule has 0 fully saturated rings. The van der Waals surface area contributed by atoms with Crippen LogP contribution in [0.15, 0.2) is 10.7 Å². The summed E-state index contributed by atoms with van der Waals surface area (Å²) in [4.78, 5) is 4.23. The minimum atomic E-state index is 0.429. The fraction of sp³-hybridized carbons (Fsp3) is 0.636. The van der Waals surface area contributed by atoms with E-state index in [4.69, 9.17) is 4.52 Å². The van der Waals surface area contributed by atoms with Crippen LogP contribution in [0.25, 0.3) is 0 Å². The van der Waals surface area contributed by atoms with Crippen molar-refractivity contribution in [3.63, 3.8) is 0 Å². The average Bonchev–Trinajstić information content (AvgIpc) is 2.96. The van der Waals surface area contributed by atoms with E-state index in [0.29, 0.717) is 30.8 Å². The molecule has 2 heterocycles. The van der Waals surface area contributed by atoms with Gasteiger partial charge in [-0.05, 0) is 0 Å². The first-order valence-electron chi connectivity index (χ1n) is 6.11. The van der Waals surface area contributed by atoms with E-state index in [9.17, 15) is 0 Å². The third-order valence-electron chi connectivity index (χ3n) is 2.40. The van der Waals surface area contributed by atoms with Gasteiger partial charge >= 0.3 is 0 Å². The highest BCUT2D eigenvalue weighted by molar-refractivity contribution is 4.94. The van der Waals surface area contributed by atoms with E-state index < -0.39 is 0 Å². The van der Waals surface area contributed by atoms with E-state index in [1.54, 1.807) is 4.68 Å². The Morgan fingerprint density at radius 2 is 2.28 bits per heavy atom. The van der Waals surface area contributed by atoms with Crippen LogP contribution in [0, 0.1) is 0 Å². The maximum atomic E-state index is 5.10. The number of hydrogen-bond donors (Lipinski definition) is 1. The van der Waals surface area contributed by atoms with E-state index in [-0.39, 0.29) is 0 Å². The first-order chi connectivity index (χ1) is 8.67. The largest absolute Gasteiger partial charge is 0.337 e. The van der Waals surface area contributed by atoms with Crippen LogP contribution in [0.3, 0.4) is 0 Å². The van der Waals surface area contributed by atoms with Gasteiger partial charge in [0.15, 0.2) is 5.82 Å². The molecule has 2 aromatic rings. The molecule has 7 nitrogen and oxygen atoms in total. The zero-order valence-corrected chi connectivity index (χ0v) is 10.9. The summed E-state index contributed by atoms with van der Waals surface area (Å²) in [5.41, 5.74) is 0.902. The van der Waals surface area contributed by atoms with Crippen molar-refractivity contribution in [1.82, 2.24) is 30.5 Å². The van der Waals surface area contributed by atoms with Crippen LogP contribution in [0.1, 0.15) is 38.2 Å². The Morgan fingerprint density at radius 3 is 2.94 bits per heavy atom. The molecule has 0 aromatic carbocycles. The molecular formula is C11H18N6O. The summed E-state index contributed by atoms with van der Waals surface area (Å²) in [5.74, 6) is 1.27. The topological polar surface area (TPSA) is 81.7 Å². The second-order valence-electron chi connectivity index (χ2n) is 4.40. The van der Waals surface area contributed by atoms with E-state index in [1.807, 2.05) is 13.1 Å². The molecule has 0 radical (unpaired) electrons. The van der Waals surface area contributed by atoms with Crippen molar-refractivity contribution in [1.29, 1.82) is 0 Å². The lowest BCUT2D eigenvalue weighted by atomic mass is 10.3. The molecule has 0 atom stereocenters.